The highest BCUT2D eigenvalue weighted by atomic mass is 35.5. The van der Waals surface area contributed by atoms with Crippen molar-refractivity contribution in [1.29, 1.82) is 0 Å². The van der Waals surface area contributed by atoms with Crippen LogP contribution in [-0.4, -0.2) is 27.9 Å². The SMILES string of the molecule is Cc1ccc2nc(N3C(=O)C(=O)/C(=C(/O)c4ccc5c(c4)C[C@H](C)O5)[C@@H]3c3ccc(Cl)c(Cl)c3)sc2c1. The van der Waals surface area contributed by atoms with Gasteiger partial charge < -0.3 is 9.84 Å². The summed E-state index contributed by atoms with van der Waals surface area (Å²) in [5.41, 5.74) is 3.63. The van der Waals surface area contributed by atoms with E-state index < -0.39 is 17.7 Å². The number of anilines is 1. The fourth-order valence-electron chi connectivity index (χ4n) is 4.88. The number of aromatic nitrogens is 1. The lowest BCUT2D eigenvalue weighted by Gasteiger charge is -2.23. The number of aliphatic hydroxyl groups excluding tert-OH is 1. The van der Waals surface area contributed by atoms with E-state index in [0.717, 1.165) is 21.6 Å². The van der Waals surface area contributed by atoms with Crippen molar-refractivity contribution in [2.75, 3.05) is 4.90 Å². The number of rotatable bonds is 3. The number of amides is 1. The summed E-state index contributed by atoms with van der Waals surface area (Å²) in [6.07, 6.45) is 0.712. The Morgan fingerprint density at radius 1 is 1.08 bits per heavy atom. The Morgan fingerprint density at radius 2 is 1.89 bits per heavy atom. The van der Waals surface area contributed by atoms with Crippen molar-refractivity contribution in [3.63, 3.8) is 0 Å². The monoisotopic (exact) mass is 550 g/mol. The van der Waals surface area contributed by atoms with E-state index in [0.29, 0.717) is 33.2 Å². The van der Waals surface area contributed by atoms with Crippen LogP contribution in [0.1, 0.15) is 35.2 Å². The minimum Gasteiger partial charge on any atom is -0.507 e. The Labute approximate surface area is 226 Å². The highest BCUT2D eigenvalue weighted by Gasteiger charge is 2.48. The Hall–Kier alpha value is -3.39. The second-order valence-electron chi connectivity index (χ2n) is 9.27. The van der Waals surface area contributed by atoms with Crippen molar-refractivity contribution in [2.24, 2.45) is 0 Å². The van der Waals surface area contributed by atoms with Crippen LogP contribution < -0.4 is 9.64 Å². The van der Waals surface area contributed by atoms with E-state index in [4.69, 9.17) is 27.9 Å². The summed E-state index contributed by atoms with van der Waals surface area (Å²) >= 11 is 13.8. The molecule has 0 spiro atoms. The molecule has 1 N–H and O–H groups in total. The van der Waals surface area contributed by atoms with E-state index in [1.54, 1.807) is 36.4 Å². The number of ether oxygens (including phenoxy) is 1. The highest BCUT2D eigenvalue weighted by Crippen LogP contribution is 2.45. The molecular formula is C28H20Cl2N2O4S. The molecule has 0 radical (unpaired) electrons. The maximum Gasteiger partial charge on any atom is 0.301 e. The van der Waals surface area contributed by atoms with Gasteiger partial charge in [0.25, 0.3) is 5.78 Å². The number of carbonyl (C=O) groups excluding carboxylic acids is 2. The molecule has 0 saturated carbocycles. The third-order valence-corrected chi connectivity index (χ3v) is 8.37. The standard InChI is InChI=1S/C28H20Cl2N2O4S/c1-13-3-7-20-22(9-13)37-28(31-20)32-24(15-4-6-18(29)19(30)12-15)23(26(34)27(32)35)25(33)16-5-8-21-17(11-16)10-14(2)36-21/h3-9,11-12,14,24,33H,10H2,1-2H3/b25-23+/t14-,24-/m0/s1. The van der Waals surface area contributed by atoms with Crippen molar-refractivity contribution in [3.05, 3.63) is 92.5 Å². The fraction of sp³-hybridized carbons (Fsp3) is 0.179. The Bertz CT molecular complexity index is 1660. The average Bonchev–Trinajstić information content (AvgIpc) is 3.52. The minimum atomic E-state index is -0.945. The third-order valence-electron chi connectivity index (χ3n) is 6.61. The number of aryl methyl sites for hydroxylation is 1. The normalized spacial score (nSPS) is 20.5. The molecule has 2 aliphatic rings. The van der Waals surface area contributed by atoms with Crippen molar-refractivity contribution in [3.8, 4) is 5.75 Å². The number of thiazole rings is 1. The number of carbonyl (C=O) groups is 2. The van der Waals surface area contributed by atoms with Crippen LogP contribution in [0.3, 0.4) is 0 Å². The largest absolute Gasteiger partial charge is 0.507 e. The lowest BCUT2D eigenvalue weighted by Crippen LogP contribution is -2.29. The van der Waals surface area contributed by atoms with E-state index in [1.807, 2.05) is 32.0 Å². The van der Waals surface area contributed by atoms with Gasteiger partial charge in [0.05, 0.1) is 31.9 Å². The van der Waals surface area contributed by atoms with Crippen molar-refractivity contribution >= 4 is 67.3 Å². The second-order valence-corrected chi connectivity index (χ2v) is 11.1. The molecule has 4 aromatic rings. The van der Waals surface area contributed by atoms with Gasteiger partial charge in [0.1, 0.15) is 17.6 Å². The van der Waals surface area contributed by atoms with Gasteiger partial charge in [0.15, 0.2) is 5.13 Å². The first-order chi connectivity index (χ1) is 17.7. The maximum atomic E-state index is 13.5. The summed E-state index contributed by atoms with van der Waals surface area (Å²) in [4.78, 5) is 32.9. The number of hydrogen-bond donors (Lipinski definition) is 1. The summed E-state index contributed by atoms with van der Waals surface area (Å²) in [6, 6.07) is 15.0. The molecule has 2 atom stereocenters. The van der Waals surface area contributed by atoms with Crippen LogP contribution in [-0.2, 0) is 16.0 Å². The molecule has 2 aliphatic heterocycles. The highest BCUT2D eigenvalue weighted by molar-refractivity contribution is 7.22. The minimum absolute atomic E-state index is 0.0249. The van der Waals surface area contributed by atoms with Crippen LogP contribution in [0.4, 0.5) is 5.13 Å². The molecule has 1 amide bonds. The van der Waals surface area contributed by atoms with Gasteiger partial charge in [0, 0.05) is 12.0 Å². The van der Waals surface area contributed by atoms with Crippen LogP contribution >= 0.6 is 34.5 Å². The second kappa shape index (κ2) is 8.87. The van der Waals surface area contributed by atoms with Gasteiger partial charge in [0.2, 0.25) is 0 Å². The Morgan fingerprint density at radius 3 is 2.68 bits per heavy atom. The molecule has 1 fully saturated rings. The molecule has 1 saturated heterocycles. The first-order valence-electron chi connectivity index (χ1n) is 11.6. The number of Topliss-reactive ketones (excluding diaryl/α,β-unsaturated/α-hetero) is 1. The smallest absolute Gasteiger partial charge is 0.301 e. The fourth-order valence-corrected chi connectivity index (χ4v) is 6.27. The first kappa shape index (κ1) is 24.0. The zero-order chi connectivity index (χ0) is 26.0. The molecule has 3 heterocycles. The molecule has 6 rings (SSSR count). The van der Waals surface area contributed by atoms with Gasteiger partial charge in [-0.25, -0.2) is 4.98 Å². The molecule has 9 heteroatoms. The van der Waals surface area contributed by atoms with Crippen molar-refractivity contribution in [2.45, 2.75) is 32.4 Å². The predicted octanol–water partition coefficient (Wildman–Crippen LogP) is 6.86. The summed E-state index contributed by atoms with van der Waals surface area (Å²) in [7, 11) is 0. The lowest BCUT2D eigenvalue weighted by molar-refractivity contribution is -0.132. The molecular weight excluding hydrogens is 531 g/mol. The van der Waals surface area contributed by atoms with Gasteiger partial charge in [-0.1, -0.05) is 46.7 Å². The average molecular weight is 551 g/mol. The van der Waals surface area contributed by atoms with Gasteiger partial charge in [-0.05, 0) is 73.0 Å². The zero-order valence-corrected chi connectivity index (χ0v) is 22.1. The van der Waals surface area contributed by atoms with E-state index >= 15 is 0 Å². The van der Waals surface area contributed by atoms with Crippen LogP contribution in [0, 0.1) is 6.92 Å². The first-order valence-corrected chi connectivity index (χ1v) is 13.2. The van der Waals surface area contributed by atoms with Crippen molar-refractivity contribution in [1.82, 2.24) is 4.98 Å². The van der Waals surface area contributed by atoms with Crippen LogP contribution in [0.25, 0.3) is 16.0 Å². The molecule has 0 aliphatic carbocycles. The molecule has 1 aromatic heterocycles. The molecule has 3 aromatic carbocycles. The maximum absolute atomic E-state index is 13.5. The Balaban J connectivity index is 1.55. The molecule has 37 heavy (non-hydrogen) atoms. The summed E-state index contributed by atoms with van der Waals surface area (Å²) in [6.45, 7) is 3.94. The quantitative estimate of drug-likeness (QED) is 0.171. The van der Waals surface area contributed by atoms with Crippen LogP contribution in [0.2, 0.25) is 10.0 Å². The summed E-state index contributed by atoms with van der Waals surface area (Å²) in [5.74, 6) is -1.09. The third kappa shape index (κ3) is 3.98. The van der Waals surface area contributed by atoms with E-state index in [2.05, 4.69) is 4.98 Å². The topological polar surface area (TPSA) is 79.7 Å². The van der Waals surface area contributed by atoms with E-state index in [9.17, 15) is 14.7 Å². The number of ketones is 1. The summed E-state index contributed by atoms with van der Waals surface area (Å²) in [5, 5.41) is 12.4. The molecule has 0 bridgehead atoms. The van der Waals surface area contributed by atoms with Gasteiger partial charge in [-0.2, -0.15) is 0 Å². The predicted molar refractivity (Wildman–Crippen MR) is 146 cm³/mol. The van der Waals surface area contributed by atoms with Crippen molar-refractivity contribution < 1.29 is 19.4 Å². The Kier molecular flexibility index (Phi) is 5.75. The number of hydrogen-bond acceptors (Lipinski definition) is 6. The van der Waals surface area contributed by atoms with Crippen LogP contribution in [0.5, 0.6) is 5.75 Å². The number of nitrogens with zero attached hydrogens (tertiary/aromatic N) is 2. The zero-order valence-electron chi connectivity index (χ0n) is 19.8. The molecule has 186 valence electrons. The lowest BCUT2D eigenvalue weighted by atomic mass is 9.94. The number of aliphatic hydroxyl groups is 1. The number of benzene rings is 3. The molecule has 6 nitrogen and oxygen atoms in total. The van der Waals surface area contributed by atoms with Gasteiger partial charge >= 0.3 is 5.91 Å². The van der Waals surface area contributed by atoms with E-state index in [-0.39, 0.29) is 22.5 Å². The number of fused-ring (bicyclic) bond motifs is 2. The van der Waals surface area contributed by atoms with E-state index in [1.165, 1.54) is 16.2 Å². The summed E-state index contributed by atoms with van der Waals surface area (Å²) < 4.78 is 6.66. The van der Waals surface area contributed by atoms with Gasteiger partial charge in [-0.15, -0.1) is 0 Å². The van der Waals surface area contributed by atoms with Gasteiger partial charge in [-0.3, -0.25) is 14.5 Å². The molecule has 0 unspecified atom stereocenters. The van der Waals surface area contributed by atoms with Crippen LogP contribution in [0.15, 0.2) is 60.2 Å². The number of halogens is 2.